The van der Waals surface area contributed by atoms with Crippen LogP contribution < -0.4 is 15.8 Å². The van der Waals surface area contributed by atoms with Gasteiger partial charge in [-0.3, -0.25) is 14.0 Å². The summed E-state index contributed by atoms with van der Waals surface area (Å²) < 4.78 is 2.98. The quantitative estimate of drug-likeness (QED) is 0.725. The lowest BCUT2D eigenvalue weighted by Gasteiger charge is -2.48. The van der Waals surface area contributed by atoms with Gasteiger partial charge in [-0.2, -0.15) is 5.10 Å². The second kappa shape index (κ2) is 6.98. The van der Waals surface area contributed by atoms with Crippen LogP contribution in [-0.4, -0.2) is 43.4 Å². The monoisotopic (exact) mass is 393 g/mol. The van der Waals surface area contributed by atoms with E-state index in [1.54, 1.807) is 35.1 Å². The van der Waals surface area contributed by atoms with Crippen molar-refractivity contribution < 1.29 is 4.79 Å². The molecule has 1 saturated carbocycles. The molecule has 1 N–H and O–H groups in total. The van der Waals surface area contributed by atoms with Crippen LogP contribution in [0.25, 0.3) is 5.65 Å². The molecular weight excluding hydrogens is 370 g/mol. The summed E-state index contributed by atoms with van der Waals surface area (Å²) in [6.07, 6.45) is 9.74. The number of carbonyl (C=O) groups excluding carboxylic acids is 1. The molecule has 1 saturated heterocycles. The molecule has 9 nitrogen and oxygen atoms in total. The number of amides is 1. The third-order valence-electron chi connectivity index (χ3n) is 6.29. The van der Waals surface area contributed by atoms with E-state index < -0.39 is 0 Å². The van der Waals surface area contributed by atoms with Crippen LogP contribution in [0, 0.1) is 5.41 Å². The number of nitrogens with zero attached hydrogens (tertiary/aromatic N) is 6. The highest BCUT2D eigenvalue weighted by Gasteiger charge is 2.39. The number of carbonyl (C=O) groups is 1. The average Bonchev–Trinajstić information content (AvgIpc) is 3.16. The predicted octanol–water partition coefficient (Wildman–Crippen LogP) is 1.70. The summed E-state index contributed by atoms with van der Waals surface area (Å²) in [6, 6.07) is 6.73. The molecular formula is C20H23N7O2. The fourth-order valence-corrected chi connectivity index (χ4v) is 4.34. The van der Waals surface area contributed by atoms with Crippen LogP contribution in [0.1, 0.15) is 32.1 Å². The molecule has 2 fully saturated rings. The van der Waals surface area contributed by atoms with E-state index in [0.29, 0.717) is 16.7 Å². The molecule has 3 aromatic rings. The summed E-state index contributed by atoms with van der Waals surface area (Å²) in [7, 11) is 0. The molecule has 0 atom stereocenters. The number of nitrogens with one attached hydrogen (secondary N) is 1. The number of hydrogen-bond donors (Lipinski definition) is 1. The van der Waals surface area contributed by atoms with Crippen molar-refractivity contribution in [2.75, 3.05) is 23.3 Å². The zero-order valence-electron chi connectivity index (χ0n) is 16.1. The van der Waals surface area contributed by atoms with Crippen molar-refractivity contribution in [3.8, 4) is 0 Å². The van der Waals surface area contributed by atoms with Gasteiger partial charge in [0.2, 0.25) is 5.91 Å². The number of fused-ring (bicyclic) bond motifs is 1. The molecule has 0 unspecified atom stereocenters. The molecule has 0 radical (unpaired) electrons. The van der Waals surface area contributed by atoms with Crippen molar-refractivity contribution in [2.24, 2.45) is 5.41 Å². The molecule has 9 heteroatoms. The Hall–Kier alpha value is -3.23. The van der Waals surface area contributed by atoms with Crippen LogP contribution in [0.4, 0.5) is 11.5 Å². The van der Waals surface area contributed by atoms with Crippen LogP contribution in [0.3, 0.4) is 0 Å². The first kappa shape index (κ1) is 17.8. The second-order valence-corrected chi connectivity index (χ2v) is 8.09. The molecule has 150 valence electrons. The lowest BCUT2D eigenvalue weighted by atomic mass is 9.63. The topological polar surface area (TPSA) is 97.4 Å². The van der Waals surface area contributed by atoms with Crippen LogP contribution in [0.2, 0.25) is 0 Å². The Morgan fingerprint density at radius 2 is 1.97 bits per heavy atom. The van der Waals surface area contributed by atoms with Gasteiger partial charge in [0, 0.05) is 37.1 Å². The first-order chi connectivity index (χ1) is 14.1. The molecule has 5 rings (SSSR count). The van der Waals surface area contributed by atoms with Crippen molar-refractivity contribution in [1.82, 2.24) is 24.4 Å². The van der Waals surface area contributed by atoms with Gasteiger partial charge >= 0.3 is 0 Å². The fraction of sp³-hybridized carbons (Fsp3) is 0.450. The van der Waals surface area contributed by atoms with E-state index in [2.05, 4.69) is 25.5 Å². The van der Waals surface area contributed by atoms with Gasteiger partial charge in [-0.15, -0.1) is 10.2 Å². The minimum absolute atomic E-state index is 0.137. The Kier molecular flexibility index (Phi) is 4.30. The van der Waals surface area contributed by atoms with Crippen molar-refractivity contribution in [2.45, 2.75) is 38.6 Å². The molecule has 0 bridgehead atoms. The van der Waals surface area contributed by atoms with Crippen molar-refractivity contribution >= 4 is 23.1 Å². The van der Waals surface area contributed by atoms with Crippen LogP contribution in [0.15, 0.2) is 41.6 Å². The zero-order valence-corrected chi connectivity index (χ0v) is 16.1. The molecule has 2 aliphatic rings. The standard InChI is InChI=1S/C20H23N7O2/c28-18(22-15-4-9-26-14-21-23-17(26)12-15)13-27-19(29)3-2-16(24-27)25-10-7-20(8-11-25)5-1-6-20/h2-4,9,12,14H,1,5-8,10-11,13H2,(H,22,28). The summed E-state index contributed by atoms with van der Waals surface area (Å²) in [4.78, 5) is 26.9. The molecule has 1 amide bonds. The highest BCUT2D eigenvalue weighted by Crippen LogP contribution is 2.49. The predicted molar refractivity (Wildman–Crippen MR) is 108 cm³/mol. The zero-order chi connectivity index (χ0) is 19.8. The maximum atomic E-state index is 12.5. The number of pyridine rings is 1. The SMILES string of the molecule is O=C(Cn1nc(N2CCC3(CCC3)CC2)ccc1=O)Nc1ccn2cnnc2c1. The Bertz CT molecular complexity index is 1110. The summed E-state index contributed by atoms with van der Waals surface area (Å²) >= 11 is 0. The summed E-state index contributed by atoms with van der Waals surface area (Å²) in [6.45, 7) is 1.77. The van der Waals surface area contributed by atoms with Crippen LogP contribution >= 0.6 is 0 Å². The van der Waals surface area contributed by atoms with Crippen LogP contribution in [-0.2, 0) is 11.3 Å². The highest BCUT2D eigenvalue weighted by molar-refractivity contribution is 5.90. The summed E-state index contributed by atoms with van der Waals surface area (Å²) in [5, 5.41) is 15.0. The summed E-state index contributed by atoms with van der Waals surface area (Å²) in [5.41, 5.74) is 1.50. The van der Waals surface area contributed by atoms with Gasteiger partial charge in [0.1, 0.15) is 18.7 Å². The first-order valence-corrected chi connectivity index (χ1v) is 10.0. The van der Waals surface area contributed by atoms with E-state index in [9.17, 15) is 9.59 Å². The van der Waals surface area contributed by atoms with Crippen LogP contribution in [0.5, 0.6) is 0 Å². The average molecular weight is 393 g/mol. The first-order valence-electron chi connectivity index (χ1n) is 10.0. The molecule has 1 spiro atoms. The Morgan fingerprint density at radius 1 is 1.14 bits per heavy atom. The number of aromatic nitrogens is 5. The molecule has 0 aromatic carbocycles. The normalized spacial score (nSPS) is 18.0. The third-order valence-corrected chi connectivity index (χ3v) is 6.29. The maximum Gasteiger partial charge on any atom is 0.267 e. The molecule has 3 aromatic heterocycles. The van der Waals surface area contributed by atoms with E-state index in [4.69, 9.17) is 0 Å². The van der Waals surface area contributed by atoms with Gasteiger partial charge in [0.05, 0.1) is 0 Å². The van der Waals surface area contributed by atoms with E-state index in [-0.39, 0.29) is 18.0 Å². The second-order valence-electron chi connectivity index (χ2n) is 8.09. The van der Waals surface area contributed by atoms with Gasteiger partial charge in [0.25, 0.3) is 5.56 Å². The lowest BCUT2D eigenvalue weighted by Crippen LogP contribution is -2.44. The lowest BCUT2D eigenvalue weighted by molar-refractivity contribution is -0.117. The number of anilines is 2. The molecule has 29 heavy (non-hydrogen) atoms. The van der Waals surface area contributed by atoms with Gasteiger partial charge in [0.15, 0.2) is 5.65 Å². The number of hydrogen-bond acceptors (Lipinski definition) is 6. The largest absolute Gasteiger partial charge is 0.355 e. The van der Waals surface area contributed by atoms with Crippen molar-refractivity contribution in [3.05, 3.63) is 47.1 Å². The number of rotatable bonds is 4. The molecule has 1 aliphatic carbocycles. The Labute approximate surface area is 167 Å². The summed E-state index contributed by atoms with van der Waals surface area (Å²) in [5.74, 6) is 0.448. The van der Waals surface area contributed by atoms with E-state index in [1.807, 2.05) is 0 Å². The van der Waals surface area contributed by atoms with Gasteiger partial charge in [-0.05, 0) is 43.2 Å². The van der Waals surface area contributed by atoms with Gasteiger partial charge < -0.3 is 10.2 Å². The smallest absolute Gasteiger partial charge is 0.267 e. The van der Waals surface area contributed by atoms with E-state index >= 15 is 0 Å². The fourth-order valence-electron chi connectivity index (χ4n) is 4.34. The molecule has 1 aliphatic heterocycles. The maximum absolute atomic E-state index is 12.5. The Balaban J connectivity index is 1.27. The van der Waals surface area contributed by atoms with Crippen molar-refractivity contribution in [1.29, 1.82) is 0 Å². The number of piperidine rings is 1. The minimum atomic E-state index is -0.312. The third kappa shape index (κ3) is 3.48. The highest BCUT2D eigenvalue weighted by atomic mass is 16.2. The molecule has 4 heterocycles. The van der Waals surface area contributed by atoms with E-state index in [0.717, 1.165) is 18.9 Å². The van der Waals surface area contributed by atoms with Crippen molar-refractivity contribution in [3.63, 3.8) is 0 Å². The van der Waals surface area contributed by atoms with E-state index in [1.165, 1.54) is 42.9 Å². The van der Waals surface area contributed by atoms with Gasteiger partial charge in [-0.1, -0.05) is 6.42 Å². The minimum Gasteiger partial charge on any atom is -0.355 e. The van der Waals surface area contributed by atoms with Gasteiger partial charge in [-0.25, -0.2) is 4.68 Å². The Morgan fingerprint density at radius 3 is 2.72 bits per heavy atom.